The van der Waals surface area contributed by atoms with Gasteiger partial charge in [0.25, 0.3) is 0 Å². The number of benzene rings is 1. The van der Waals surface area contributed by atoms with Gasteiger partial charge in [-0.05, 0) is 70.1 Å². The van der Waals surface area contributed by atoms with E-state index in [-0.39, 0.29) is 12.4 Å². The van der Waals surface area contributed by atoms with E-state index in [1.165, 1.54) is 24.7 Å². The third-order valence-electron chi connectivity index (χ3n) is 4.48. The van der Waals surface area contributed by atoms with Gasteiger partial charge in [0.05, 0.1) is 4.90 Å². The van der Waals surface area contributed by atoms with E-state index in [2.05, 4.69) is 17.1 Å². The van der Waals surface area contributed by atoms with Crippen LogP contribution in [0.3, 0.4) is 0 Å². The predicted molar refractivity (Wildman–Crippen MR) is 93.4 cm³/mol. The van der Waals surface area contributed by atoms with Crippen LogP contribution in [0.1, 0.15) is 31.4 Å². The molecular formula is C16H27ClN2O2S. The van der Waals surface area contributed by atoms with E-state index >= 15 is 0 Å². The number of rotatable bonds is 5. The molecular weight excluding hydrogens is 320 g/mol. The molecule has 1 aromatic carbocycles. The summed E-state index contributed by atoms with van der Waals surface area (Å²) in [6.45, 7) is 5.53. The number of nitrogens with zero attached hydrogens (tertiary/aromatic N) is 1. The van der Waals surface area contributed by atoms with Crippen molar-refractivity contribution in [2.45, 2.75) is 30.7 Å². The molecule has 4 nitrogen and oxygen atoms in total. The summed E-state index contributed by atoms with van der Waals surface area (Å²) in [5, 5.41) is 3.26. The quantitative estimate of drug-likeness (QED) is 0.890. The molecule has 0 radical (unpaired) electrons. The molecule has 0 bridgehead atoms. The summed E-state index contributed by atoms with van der Waals surface area (Å²) in [6, 6.07) is 7.67. The van der Waals surface area contributed by atoms with Crippen LogP contribution in [-0.4, -0.2) is 46.3 Å². The Bertz CT molecular complexity index is 552. The lowest BCUT2D eigenvalue weighted by molar-refractivity contribution is 0.141. The van der Waals surface area contributed by atoms with Gasteiger partial charge >= 0.3 is 0 Å². The largest absolute Gasteiger partial charge is 0.319 e. The van der Waals surface area contributed by atoms with Crippen LogP contribution in [-0.2, 0) is 9.84 Å². The van der Waals surface area contributed by atoms with E-state index in [0.29, 0.717) is 10.9 Å². The maximum Gasteiger partial charge on any atom is 0.175 e. The Kier molecular flexibility index (Phi) is 7.32. The SMILES string of the molecule is CNCC1CCN(C(C)c2ccc(S(C)(=O)=O)cc2)CC1.Cl. The van der Waals surface area contributed by atoms with Gasteiger partial charge in [0, 0.05) is 12.3 Å². The van der Waals surface area contributed by atoms with Gasteiger partial charge in [0.2, 0.25) is 0 Å². The van der Waals surface area contributed by atoms with Gasteiger partial charge in [-0.1, -0.05) is 12.1 Å². The molecule has 1 heterocycles. The van der Waals surface area contributed by atoms with Crippen molar-refractivity contribution in [3.63, 3.8) is 0 Å². The normalized spacial score (nSPS) is 18.7. The highest BCUT2D eigenvalue weighted by atomic mass is 35.5. The molecule has 0 saturated carbocycles. The lowest BCUT2D eigenvalue weighted by atomic mass is 9.94. The lowest BCUT2D eigenvalue weighted by Gasteiger charge is -2.36. The average molecular weight is 347 g/mol. The lowest BCUT2D eigenvalue weighted by Crippen LogP contribution is -2.38. The minimum atomic E-state index is -3.10. The molecule has 1 aliphatic rings. The van der Waals surface area contributed by atoms with Gasteiger partial charge in [-0.15, -0.1) is 12.4 Å². The van der Waals surface area contributed by atoms with Crippen molar-refractivity contribution in [2.75, 3.05) is 32.9 Å². The Morgan fingerprint density at radius 2 is 1.77 bits per heavy atom. The number of halogens is 1. The fourth-order valence-electron chi connectivity index (χ4n) is 3.04. The van der Waals surface area contributed by atoms with Gasteiger partial charge < -0.3 is 5.32 Å². The maximum absolute atomic E-state index is 11.5. The summed E-state index contributed by atoms with van der Waals surface area (Å²) in [4.78, 5) is 2.88. The van der Waals surface area contributed by atoms with Gasteiger partial charge in [0.1, 0.15) is 0 Å². The van der Waals surface area contributed by atoms with Crippen LogP contribution in [0.2, 0.25) is 0 Å². The van der Waals surface area contributed by atoms with E-state index in [0.717, 1.165) is 25.6 Å². The molecule has 126 valence electrons. The topological polar surface area (TPSA) is 49.4 Å². The van der Waals surface area contributed by atoms with Crippen molar-refractivity contribution in [3.05, 3.63) is 29.8 Å². The van der Waals surface area contributed by atoms with Gasteiger partial charge in [0.15, 0.2) is 9.84 Å². The summed E-state index contributed by atoms with van der Waals surface area (Å²) in [5.74, 6) is 0.783. The van der Waals surface area contributed by atoms with Gasteiger partial charge in [-0.2, -0.15) is 0 Å². The fraction of sp³-hybridized carbons (Fsp3) is 0.625. The standard InChI is InChI=1S/C16H26N2O2S.ClH/c1-13(18-10-8-14(9-11-18)12-17-2)15-4-6-16(7-5-15)21(3,19)20;/h4-7,13-14,17H,8-12H2,1-3H3;1H. The number of piperidine rings is 1. The van der Waals surface area contributed by atoms with Gasteiger partial charge in [-0.25, -0.2) is 8.42 Å². The third-order valence-corrected chi connectivity index (χ3v) is 5.61. The van der Waals surface area contributed by atoms with Crippen molar-refractivity contribution >= 4 is 22.2 Å². The van der Waals surface area contributed by atoms with Crippen molar-refractivity contribution in [1.29, 1.82) is 0 Å². The Labute approximate surface area is 140 Å². The summed E-state index contributed by atoms with van der Waals surface area (Å²) in [6.07, 6.45) is 3.71. The Hall–Kier alpha value is -0.620. The molecule has 1 saturated heterocycles. The Morgan fingerprint density at radius 1 is 1.23 bits per heavy atom. The second-order valence-corrected chi connectivity index (χ2v) is 8.07. The maximum atomic E-state index is 11.5. The Balaban J connectivity index is 0.00000242. The molecule has 1 atom stereocenters. The van der Waals surface area contributed by atoms with E-state index < -0.39 is 9.84 Å². The highest BCUT2D eigenvalue weighted by Crippen LogP contribution is 2.27. The monoisotopic (exact) mass is 346 g/mol. The van der Waals surface area contributed by atoms with Crippen LogP contribution >= 0.6 is 12.4 Å². The van der Waals surface area contributed by atoms with Crippen LogP contribution in [0, 0.1) is 5.92 Å². The first-order valence-electron chi connectivity index (χ1n) is 7.60. The zero-order valence-corrected chi connectivity index (χ0v) is 15.2. The van der Waals surface area contributed by atoms with E-state index in [1.807, 2.05) is 19.2 Å². The zero-order chi connectivity index (χ0) is 15.5. The van der Waals surface area contributed by atoms with Crippen molar-refractivity contribution in [2.24, 2.45) is 5.92 Å². The second-order valence-electron chi connectivity index (χ2n) is 6.05. The molecule has 1 aliphatic heterocycles. The molecule has 22 heavy (non-hydrogen) atoms. The van der Waals surface area contributed by atoms with E-state index in [4.69, 9.17) is 0 Å². The zero-order valence-electron chi connectivity index (χ0n) is 13.6. The Morgan fingerprint density at radius 3 is 2.23 bits per heavy atom. The first-order valence-corrected chi connectivity index (χ1v) is 9.49. The smallest absolute Gasteiger partial charge is 0.175 e. The highest BCUT2D eigenvalue weighted by molar-refractivity contribution is 7.90. The molecule has 1 aromatic rings. The molecule has 0 spiro atoms. The molecule has 1 fully saturated rings. The van der Waals surface area contributed by atoms with Crippen LogP contribution in [0.5, 0.6) is 0 Å². The van der Waals surface area contributed by atoms with Crippen molar-refractivity contribution in [1.82, 2.24) is 10.2 Å². The molecule has 6 heteroatoms. The van der Waals surface area contributed by atoms with E-state index in [9.17, 15) is 8.42 Å². The van der Waals surface area contributed by atoms with Crippen molar-refractivity contribution in [3.8, 4) is 0 Å². The number of hydrogen-bond acceptors (Lipinski definition) is 4. The first-order chi connectivity index (χ1) is 9.91. The molecule has 0 aliphatic carbocycles. The molecule has 0 amide bonds. The average Bonchev–Trinajstić information content (AvgIpc) is 2.47. The molecule has 1 N–H and O–H groups in total. The summed E-state index contributed by atoms with van der Waals surface area (Å²) < 4.78 is 23.0. The second kappa shape index (κ2) is 8.29. The van der Waals surface area contributed by atoms with Crippen LogP contribution < -0.4 is 5.32 Å². The number of hydrogen-bond donors (Lipinski definition) is 1. The number of sulfone groups is 1. The van der Waals surface area contributed by atoms with Crippen LogP contribution in [0.25, 0.3) is 0 Å². The minimum Gasteiger partial charge on any atom is -0.319 e. The molecule has 0 aromatic heterocycles. The van der Waals surface area contributed by atoms with E-state index in [1.54, 1.807) is 12.1 Å². The summed E-state index contributed by atoms with van der Waals surface area (Å²) in [5.41, 5.74) is 1.19. The number of likely N-dealkylation sites (tertiary alicyclic amines) is 1. The third kappa shape index (κ3) is 4.95. The van der Waals surface area contributed by atoms with Crippen LogP contribution in [0.15, 0.2) is 29.2 Å². The van der Waals surface area contributed by atoms with Gasteiger partial charge in [-0.3, -0.25) is 4.90 Å². The summed E-state index contributed by atoms with van der Waals surface area (Å²) in [7, 11) is -1.09. The van der Waals surface area contributed by atoms with Crippen LogP contribution in [0.4, 0.5) is 0 Å². The molecule has 1 unspecified atom stereocenters. The summed E-state index contributed by atoms with van der Waals surface area (Å²) >= 11 is 0. The minimum absolute atomic E-state index is 0. The first kappa shape index (κ1) is 19.4. The highest BCUT2D eigenvalue weighted by Gasteiger charge is 2.23. The molecule has 2 rings (SSSR count). The number of nitrogens with one attached hydrogen (secondary N) is 1. The predicted octanol–water partition coefficient (Wildman–Crippen LogP) is 2.50. The van der Waals surface area contributed by atoms with Crippen molar-refractivity contribution < 1.29 is 8.42 Å². The fourth-order valence-corrected chi connectivity index (χ4v) is 3.67.